The first-order chi connectivity index (χ1) is 13.5. The van der Waals surface area contributed by atoms with Crippen molar-refractivity contribution in [2.45, 2.75) is 46.0 Å². The molecule has 0 bridgehead atoms. The number of nitrogens with zero attached hydrogens (tertiary/aromatic N) is 1. The van der Waals surface area contributed by atoms with Crippen LogP contribution in [0.15, 0.2) is 12.1 Å². The van der Waals surface area contributed by atoms with E-state index < -0.39 is 0 Å². The molecule has 1 saturated heterocycles. The number of halogens is 1. The van der Waals surface area contributed by atoms with Gasteiger partial charge in [0, 0.05) is 25.2 Å². The highest BCUT2D eigenvalue weighted by atomic mass is 35.5. The van der Waals surface area contributed by atoms with Crippen LogP contribution in [0.25, 0.3) is 0 Å². The first-order valence-corrected chi connectivity index (χ1v) is 10.5. The topological polar surface area (TPSA) is 67.9 Å². The highest BCUT2D eigenvalue weighted by Gasteiger charge is 2.29. The Kier molecular flexibility index (Phi) is 8.90. The molecule has 1 aromatic rings. The molecule has 1 aliphatic rings. The van der Waals surface area contributed by atoms with E-state index in [-0.39, 0.29) is 17.7 Å². The Morgan fingerprint density at radius 3 is 2.75 bits per heavy atom. The molecule has 0 saturated carbocycles. The molecule has 1 aromatic carbocycles. The zero-order valence-corrected chi connectivity index (χ0v) is 17.8. The minimum atomic E-state index is -0.168. The average Bonchev–Trinajstić information content (AvgIpc) is 2.72. The van der Waals surface area contributed by atoms with Crippen molar-refractivity contribution >= 4 is 23.4 Å². The van der Waals surface area contributed by atoms with Crippen LogP contribution in [-0.2, 0) is 4.79 Å². The summed E-state index contributed by atoms with van der Waals surface area (Å²) in [6, 6.07) is 3.27. The van der Waals surface area contributed by atoms with Crippen LogP contribution in [0.5, 0.6) is 11.5 Å². The number of benzene rings is 1. The lowest BCUT2D eigenvalue weighted by molar-refractivity contribution is -0.126. The van der Waals surface area contributed by atoms with Crippen LogP contribution < -0.4 is 14.8 Å². The van der Waals surface area contributed by atoms with Crippen molar-refractivity contribution in [3.05, 3.63) is 22.7 Å². The van der Waals surface area contributed by atoms with Crippen molar-refractivity contribution in [3.63, 3.8) is 0 Å². The van der Waals surface area contributed by atoms with E-state index in [2.05, 4.69) is 12.2 Å². The predicted octanol–water partition coefficient (Wildman–Crippen LogP) is 3.91. The Bertz CT molecular complexity index is 681. The minimum Gasteiger partial charge on any atom is -0.493 e. The number of carbonyl (C=O) groups is 2. The molecule has 1 N–H and O–H groups in total. The molecular weight excluding hydrogens is 380 g/mol. The summed E-state index contributed by atoms with van der Waals surface area (Å²) in [4.78, 5) is 27.1. The van der Waals surface area contributed by atoms with Crippen LogP contribution in [0.1, 0.15) is 56.3 Å². The van der Waals surface area contributed by atoms with Crippen LogP contribution in [0.2, 0.25) is 5.02 Å². The summed E-state index contributed by atoms with van der Waals surface area (Å²) in [6.07, 6.45) is 4.45. The molecule has 1 fully saturated rings. The number of hydrogen-bond acceptors (Lipinski definition) is 4. The first-order valence-electron chi connectivity index (χ1n) is 10.1. The van der Waals surface area contributed by atoms with E-state index in [0.717, 1.165) is 32.1 Å². The molecule has 2 rings (SSSR count). The van der Waals surface area contributed by atoms with Gasteiger partial charge in [0.1, 0.15) is 0 Å². The molecule has 2 amide bonds. The van der Waals surface area contributed by atoms with Crippen LogP contribution >= 0.6 is 11.6 Å². The number of carbonyl (C=O) groups excluding carboxylic acids is 2. The van der Waals surface area contributed by atoms with Gasteiger partial charge < -0.3 is 19.7 Å². The van der Waals surface area contributed by atoms with Crippen molar-refractivity contribution < 1.29 is 19.1 Å². The van der Waals surface area contributed by atoms with E-state index in [9.17, 15) is 9.59 Å². The summed E-state index contributed by atoms with van der Waals surface area (Å²) in [7, 11) is 1.52. The highest BCUT2D eigenvalue weighted by molar-refractivity contribution is 6.32. The van der Waals surface area contributed by atoms with Crippen LogP contribution in [0.4, 0.5) is 0 Å². The number of unbranched alkanes of at least 4 members (excludes halogenated alkanes) is 1. The molecule has 28 heavy (non-hydrogen) atoms. The number of nitrogens with one attached hydrogen (secondary N) is 1. The summed E-state index contributed by atoms with van der Waals surface area (Å²) >= 11 is 6.34. The zero-order valence-electron chi connectivity index (χ0n) is 17.1. The number of piperidine rings is 1. The highest BCUT2D eigenvalue weighted by Crippen LogP contribution is 2.37. The van der Waals surface area contributed by atoms with Gasteiger partial charge >= 0.3 is 0 Å². The van der Waals surface area contributed by atoms with Crippen molar-refractivity contribution in [1.82, 2.24) is 10.2 Å². The maximum absolute atomic E-state index is 13.0. The fourth-order valence-corrected chi connectivity index (χ4v) is 3.54. The lowest BCUT2D eigenvalue weighted by Crippen LogP contribution is -2.45. The summed E-state index contributed by atoms with van der Waals surface area (Å²) < 4.78 is 11.0. The number of hydrogen-bond donors (Lipinski definition) is 1. The van der Waals surface area contributed by atoms with E-state index in [0.29, 0.717) is 48.3 Å². The van der Waals surface area contributed by atoms with Crippen LogP contribution in [0, 0.1) is 5.92 Å². The van der Waals surface area contributed by atoms with Gasteiger partial charge in [0.05, 0.1) is 24.7 Å². The summed E-state index contributed by atoms with van der Waals surface area (Å²) in [5.74, 6) is 0.613. The van der Waals surface area contributed by atoms with E-state index >= 15 is 0 Å². The SMILES string of the molecule is CCCCNC(=O)C1CCCN(C(=O)c2cc(Cl)c(OCCC)c(OC)c2)C1. The molecule has 0 spiro atoms. The maximum atomic E-state index is 13.0. The Labute approximate surface area is 172 Å². The first kappa shape index (κ1) is 22.3. The minimum absolute atomic E-state index is 0.0323. The largest absolute Gasteiger partial charge is 0.493 e. The summed E-state index contributed by atoms with van der Waals surface area (Å²) in [6.45, 7) is 6.35. The Morgan fingerprint density at radius 1 is 1.29 bits per heavy atom. The van der Waals surface area contributed by atoms with Gasteiger partial charge in [-0.1, -0.05) is 31.9 Å². The monoisotopic (exact) mass is 410 g/mol. The number of ether oxygens (including phenoxy) is 2. The fraction of sp³-hybridized carbons (Fsp3) is 0.619. The molecular formula is C21H31ClN2O4. The van der Waals surface area contributed by atoms with Gasteiger partial charge in [-0.05, 0) is 37.8 Å². The van der Waals surface area contributed by atoms with Gasteiger partial charge in [-0.15, -0.1) is 0 Å². The van der Waals surface area contributed by atoms with Gasteiger partial charge in [-0.3, -0.25) is 9.59 Å². The third kappa shape index (κ3) is 5.77. The molecule has 156 valence electrons. The molecule has 7 heteroatoms. The smallest absolute Gasteiger partial charge is 0.254 e. The zero-order chi connectivity index (χ0) is 20.5. The van der Waals surface area contributed by atoms with Crippen molar-refractivity contribution in [2.75, 3.05) is 33.4 Å². The van der Waals surface area contributed by atoms with Crippen LogP contribution in [0.3, 0.4) is 0 Å². The van der Waals surface area contributed by atoms with Gasteiger partial charge in [-0.25, -0.2) is 0 Å². The number of likely N-dealkylation sites (tertiary alicyclic amines) is 1. The fourth-order valence-electron chi connectivity index (χ4n) is 3.28. The molecule has 0 radical (unpaired) electrons. The van der Waals surface area contributed by atoms with Crippen molar-refractivity contribution in [1.29, 1.82) is 0 Å². The maximum Gasteiger partial charge on any atom is 0.254 e. The Morgan fingerprint density at radius 2 is 2.07 bits per heavy atom. The second kappa shape index (κ2) is 11.1. The number of methoxy groups -OCH3 is 1. The second-order valence-electron chi connectivity index (χ2n) is 7.07. The molecule has 1 heterocycles. The molecule has 1 unspecified atom stereocenters. The number of rotatable bonds is 9. The molecule has 0 aliphatic carbocycles. The normalized spacial score (nSPS) is 16.6. The summed E-state index contributed by atoms with van der Waals surface area (Å²) in [5, 5.41) is 3.32. The van der Waals surface area contributed by atoms with Gasteiger partial charge in [0.15, 0.2) is 11.5 Å². The van der Waals surface area contributed by atoms with Gasteiger partial charge in [-0.2, -0.15) is 0 Å². The Balaban J connectivity index is 2.10. The second-order valence-corrected chi connectivity index (χ2v) is 7.48. The lowest BCUT2D eigenvalue weighted by atomic mass is 9.96. The van der Waals surface area contributed by atoms with Gasteiger partial charge in [0.25, 0.3) is 5.91 Å². The Hall–Kier alpha value is -1.95. The van der Waals surface area contributed by atoms with Gasteiger partial charge in [0.2, 0.25) is 5.91 Å². The van der Waals surface area contributed by atoms with E-state index in [4.69, 9.17) is 21.1 Å². The molecule has 1 atom stereocenters. The average molecular weight is 411 g/mol. The molecule has 6 nitrogen and oxygen atoms in total. The number of amides is 2. The molecule has 1 aliphatic heterocycles. The third-order valence-electron chi connectivity index (χ3n) is 4.84. The van der Waals surface area contributed by atoms with Crippen molar-refractivity contribution in [2.24, 2.45) is 5.92 Å². The van der Waals surface area contributed by atoms with Crippen molar-refractivity contribution in [3.8, 4) is 11.5 Å². The van der Waals surface area contributed by atoms with E-state index in [1.54, 1.807) is 17.0 Å². The standard InChI is InChI=1S/C21H31ClN2O4/c1-4-6-9-23-20(25)15-8-7-10-24(14-15)21(26)16-12-17(22)19(28-11-5-2)18(13-16)27-3/h12-13,15H,4-11,14H2,1-3H3,(H,23,25). The van der Waals surface area contributed by atoms with E-state index in [1.165, 1.54) is 7.11 Å². The predicted molar refractivity (Wildman–Crippen MR) is 110 cm³/mol. The summed E-state index contributed by atoms with van der Waals surface area (Å²) in [5.41, 5.74) is 0.442. The third-order valence-corrected chi connectivity index (χ3v) is 5.12. The quantitative estimate of drug-likeness (QED) is 0.627. The lowest BCUT2D eigenvalue weighted by Gasteiger charge is -2.32. The molecule has 0 aromatic heterocycles. The van der Waals surface area contributed by atoms with E-state index in [1.807, 2.05) is 6.92 Å². The van der Waals surface area contributed by atoms with Crippen LogP contribution in [-0.4, -0.2) is 50.1 Å².